The summed E-state index contributed by atoms with van der Waals surface area (Å²) in [7, 11) is 12.2. The van der Waals surface area contributed by atoms with Gasteiger partial charge in [-0.3, -0.25) is 9.58 Å². The van der Waals surface area contributed by atoms with Gasteiger partial charge in [0.2, 0.25) is 0 Å². The Morgan fingerprint density at radius 3 is 2.49 bits per heavy atom. The van der Waals surface area contributed by atoms with E-state index in [0.717, 1.165) is 39.3 Å². The number of nitrogens with one attached hydrogen (secondary N) is 2. The molecule has 0 amide bonds. The van der Waals surface area contributed by atoms with Crippen LogP contribution in [0.15, 0.2) is 60.0 Å². The van der Waals surface area contributed by atoms with Gasteiger partial charge in [-0.2, -0.15) is 5.10 Å². The molecule has 9 heteroatoms. The predicted octanol–water partition coefficient (Wildman–Crippen LogP) is 4.62. The van der Waals surface area contributed by atoms with Crippen LogP contribution in [-0.4, -0.2) is 83.0 Å². The average Bonchev–Trinajstić information content (AvgIpc) is 3.33. The number of allylic oxidation sites excluding steroid dienone is 2. The Labute approximate surface area is 232 Å². The molecular formula is C30H44N8O. The fourth-order valence-electron chi connectivity index (χ4n) is 5.45. The molecule has 0 radical (unpaired) electrons. The minimum absolute atomic E-state index is 0.213. The molecule has 39 heavy (non-hydrogen) atoms. The minimum Gasteiger partial charge on any atom is -0.499 e. The van der Waals surface area contributed by atoms with Gasteiger partial charge in [0.05, 0.1) is 30.2 Å². The maximum Gasteiger partial charge on any atom is 0.134 e. The summed E-state index contributed by atoms with van der Waals surface area (Å²) in [4.78, 5) is 13.9. The molecule has 2 N–H and O–H groups in total. The lowest BCUT2D eigenvalue weighted by molar-refractivity contribution is 0.120. The first-order valence-electron chi connectivity index (χ1n) is 13.8. The van der Waals surface area contributed by atoms with Crippen molar-refractivity contribution < 1.29 is 4.74 Å². The SMILES string of the molecule is CN/C(=C/C(Nc1cc(-c2ccc3c(cnn3C)c2)ncn1)=C(\C)OC)[C@H](C)N(C)C1CCC(N(C)C)CC1. The summed E-state index contributed by atoms with van der Waals surface area (Å²) in [6.45, 7) is 4.22. The third-order valence-electron chi connectivity index (χ3n) is 8.28. The normalized spacial score (nSPS) is 19.8. The monoisotopic (exact) mass is 532 g/mol. The lowest BCUT2D eigenvalue weighted by atomic mass is 9.89. The van der Waals surface area contributed by atoms with Crippen LogP contribution < -0.4 is 10.6 Å². The van der Waals surface area contributed by atoms with Gasteiger partial charge in [0, 0.05) is 54.9 Å². The van der Waals surface area contributed by atoms with Crippen molar-refractivity contribution in [1.29, 1.82) is 0 Å². The number of nitrogens with zero attached hydrogens (tertiary/aromatic N) is 6. The van der Waals surface area contributed by atoms with Crippen molar-refractivity contribution in [2.75, 3.05) is 40.6 Å². The van der Waals surface area contributed by atoms with Gasteiger partial charge in [-0.15, -0.1) is 0 Å². The lowest BCUT2D eigenvalue weighted by Gasteiger charge is -2.40. The molecule has 4 rings (SSSR count). The first-order chi connectivity index (χ1) is 18.7. The van der Waals surface area contributed by atoms with Gasteiger partial charge in [0.1, 0.15) is 17.9 Å². The lowest BCUT2D eigenvalue weighted by Crippen LogP contribution is -2.45. The quantitative estimate of drug-likeness (QED) is 0.289. The molecule has 1 aliphatic rings. The van der Waals surface area contributed by atoms with E-state index in [4.69, 9.17) is 4.74 Å². The first kappa shape index (κ1) is 28.6. The summed E-state index contributed by atoms with van der Waals surface area (Å²) in [6.07, 6.45) is 10.5. The van der Waals surface area contributed by atoms with E-state index in [9.17, 15) is 0 Å². The molecule has 1 aliphatic carbocycles. The Hall–Kier alpha value is -3.43. The third-order valence-corrected chi connectivity index (χ3v) is 8.28. The van der Waals surface area contributed by atoms with Gasteiger partial charge >= 0.3 is 0 Å². The molecule has 0 saturated heterocycles. The molecule has 1 saturated carbocycles. The van der Waals surface area contributed by atoms with Crippen molar-refractivity contribution in [3.63, 3.8) is 0 Å². The van der Waals surface area contributed by atoms with Crippen molar-refractivity contribution >= 4 is 16.7 Å². The Kier molecular flexibility index (Phi) is 9.24. The van der Waals surface area contributed by atoms with Crippen LogP contribution >= 0.6 is 0 Å². The topological polar surface area (TPSA) is 83.4 Å². The van der Waals surface area contributed by atoms with Gasteiger partial charge < -0.3 is 20.3 Å². The van der Waals surface area contributed by atoms with E-state index in [1.165, 1.54) is 25.7 Å². The summed E-state index contributed by atoms with van der Waals surface area (Å²) in [5.41, 5.74) is 4.91. The Bertz CT molecular complexity index is 1320. The first-order valence-corrected chi connectivity index (χ1v) is 13.8. The molecule has 2 heterocycles. The second-order valence-electron chi connectivity index (χ2n) is 10.7. The fraction of sp³-hybridized carbons (Fsp3) is 0.500. The van der Waals surface area contributed by atoms with E-state index in [1.54, 1.807) is 13.4 Å². The number of methoxy groups -OCH3 is 1. The molecule has 0 bridgehead atoms. The number of rotatable bonds is 10. The van der Waals surface area contributed by atoms with Crippen LogP contribution in [0.25, 0.3) is 22.2 Å². The highest BCUT2D eigenvalue weighted by Gasteiger charge is 2.28. The smallest absolute Gasteiger partial charge is 0.134 e. The number of fused-ring (bicyclic) bond motifs is 1. The molecule has 9 nitrogen and oxygen atoms in total. The van der Waals surface area contributed by atoms with Gasteiger partial charge in [-0.05, 0) is 78.9 Å². The zero-order valence-corrected chi connectivity index (χ0v) is 24.7. The van der Waals surface area contributed by atoms with E-state index in [-0.39, 0.29) is 6.04 Å². The Balaban J connectivity index is 1.54. The zero-order chi connectivity index (χ0) is 28.1. The standard InChI is InChI=1S/C30H44N8O/c1-20(37(6)25-12-10-24(11-13-25)36(4)5)26(31-3)16-27(21(2)39-8)35-30-17-28(32-19-33-30)22-9-14-29-23(15-22)18-34-38(29)7/h9,14-20,24-25,31H,10-13H2,1-8H3,(H,32,33,35)/b26-16+,27-21-/t20-,24?,25?/m0/s1. The minimum atomic E-state index is 0.213. The molecule has 3 aromatic rings. The highest BCUT2D eigenvalue weighted by Crippen LogP contribution is 2.28. The van der Waals surface area contributed by atoms with Crippen LogP contribution in [0.3, 0.4) is 0 Å². The van der Waals surface area contributed by atoms with Crippen LogP contribution in [0, 0.1) is 0 Å². The van der Waals surface area contributed by atoms with Crippen molar-refractivity contribution in [1.82, 2.24) is 34.9 Å². The summed E-state index contributed by atoms with van der Waals surface area (Å²) in [5, 5.41) is 12.4. The molecule has 1 aromatic carbocycles. The van der Waals surface area contributed by atoms with Crippen LogP contribution in [0.5, 0.6) is 0 Å². The Morgan fingerprint density at radius 1 is 1.10 bits per heavy atom. The van der Waals surface area contributed by atoms with Gasteiger partial charge in [-0.1, -0.05) is 6.07 Å². The van der Waals surface area contributed by atoms with E-state index in [0.29, 0.717) is 17.9 Å². The molecule has 0 unspecified atom stereocenters. The predicted molar refractivity (Wildman–Crippen MR) is 159 cm³/mol. The van der Waals surface area contributed by atoms with Gasteiger partial charge in [0.15, 0.2) is 0 Å². The van der Waals surface area contributed by atoms with Crippen molar-refractivity contribution in [3.8, 4) is 11.3 Å². The average molecular weight is 533 g/mol. The van der Waals surface area contributed by atoms with Gasteiger partial charge in [-0.25, -0.2) is 9.97 Å². The largest absolute Gasteiger partial charge is 0.499 e. The van der Waals surface area contributed by atoms with Crippen molar-refractivity contribution in [2.45, 2.75) is 57.7 Å². The zero-order valence-electron chi connectivity index (χ0n) is 24.7. The highest BCUT2D eigenvalue weighted by atomic mass is 16.5. The number of aromatic nitrogens is 4. The highest BCUT2D eigenvalue weighted by molar-refractivity contribution is 5.84. The van der Waals surface area contributed by atoms with Crippen LogP contribution in [0.1, 0.15) is 39.5 Å². The molecule has 1 atom stereocenters. The van der Waals surface area contributed by atoms with Gasteiger partial charge in [0.25, 0.3) is 0 Å². The molecule has 2 aromatic heterocycles. The summed E-state index contributed by atoms with van der Waals surface area (Å²) in [6, 6.07) is 9.68. The van der Waals surface area contributed by atoms with E-state index in [2.05, 4.69) is 87.8 Å². The van der Waals surface area contributed by atoms with Crippen LogP contribution in [0.4, 0.5) is 5.82 Å². The molecule has 0 spiro atoms. The van der Waals surface area contributed by atoms with E-state index >= 15 is 0 Å². The summed E-state index contributed by atoms with van der Waals surface area (Å²) in [5.74, 6) is 1.48. The summed E-state index contributed by atoms with van der Waals surface area (Å²) < 4.78 is 7.53. The number of likely N-dealkylation sites (N-methyl/N-ethyl adjacent to an activating group) is 2. The number of hydrogen-bond donors (Lipinski definition) is 2. The van der Waals surface area contributed by atoms with Crippen LogP contribution in [0.2, 0.25) is 0 Å². The number of ether oxygens (including phenoxy) is 1. The third kappa shape index (κ3) is 6.59. The molecule has 1 fully saturated rings. The molecule has 210 valence electrons. The maximum atomic E-state index is 5.66. The fourth-order valence-corrected chi connectivity index (χ4v) is 5.45. The number of aryl methyl sites for hydroxylation is 1. The van der Waals surface area contributed by atoms with Crippen LogP contribution in [-0.2, 0) is 11.8 Å². The maximum absolute atomic E-state index is 5.66. The van der Waals surface area contributed by atoms with E-state index < -0.39 is 0 Å². The Morgan fingerprint density at radius 2 is 1.82 bits per heavy atom. The number of benzene rings is 1. The number of hydrogen-bond acceptors (Lipinski definition) is 8. The summed E-state index contributed by atoms with van der Waals surface area (Å²) >= 11 is 0. The van der Waals surface area contributed by atoms with Crippen molar-refractivity contribution in [3.05, 3.63) is 60.0 Å². The second-order valence-corrected chi connectivity index (χ2v) is 10.7. The second kappa shape index (κ2) is 12.6. The van der Waals surface area contributed by atoms with E-state index in [1.807, 2.05) is 38.0 Å². The molecular weight excluding hydrogens is 488 g/mol. The number of anilines is 1. The van der Waals surface area contributed by atoms with Crippen molar-refractivity contribution in [2.24, 2.45) is 7.05 Å². The molecule has 0 aliphatic heterocycles.